The fourth-order valence-electron chi connectivity index (χ4n) is 2.16. The first-order valence-electron chi connectivity index (χ1n) is 5.70. The minimum atomic E-state index is -1.41. The third-order valence-electron chi connectivity index (χ3n) is 2.95. The van der Waals surface area contributed by atoms with E-state index in [1.165, 1.54) is 12.3 Å². The number of halogens is 1. The highest BCUT2D eigenvalue weighted by atomic mass is 32.2. The monoisotopic (exact) mass is 266 g/mol. The Morgan fingerprint density at radius 1 is 1.28 bits per heavy atom. The van der Waals surface area contributed by atoms with E-state index in [9.17, 15) is 14.0 Å². The molecule has 0 amide bonds. The number of benzene rings is 2. The predicted octanol–water partition coefficient (Wildman–Crippen LogP) is 3.55. The van der Waals surface area contributed by atoms with Crippen molar-refractivity contribution >= 4 is 21.9 Å². The molecule has 0 heterocycles. The van der Waals surface area contributed by atoms with Crippen molar-refractivity contribution < 1.29 is 14.0 Å². The van der Waals surface area contributed by atoms with Crippen LogP contribution in [0, 0.1) is 5.82 Å². The average molecular weight is 266 g/mol. The van der Waals surface area contributed by atoms with Crippen molar-refractivity contribution in [2.24, 2.45) is 0 Å². The molecule has 2 aromatic carbocycles. The van der Waals surface area contributed by atoms with Crippen LogP contribution in [0.25, 0.3) is 10.8 Å². The van der Waals surface area contributed by atoms with Crippen LogP contribution < -0.4 is 0 Å². The van der Waals surface area contributed by atoms with E-state index in [2.05, 4.69) is 0 Å². The summed E-state index contributed by atoms with van der Waals surface area (Å²) in [6.45, 7) is 3.92. The molecular weight excluding hydrogens is 251 g/mol. The number of hydrogen-bond acceptors (Lipinski definition) is 2. The molecule has 0 saturated heterocycles. The number of hydrogen-bond donors (Lipinski definition) is 1. The maximum Gasteiger partial charge on any atom is 0.196 e. The van der Waals surface area contributed by atoms with Gasteiger partial charge < -0.3 is 9.66 Å². The molecule has 2 aromatic rings. The summed E-state index contributed by atoms with van der Waals surface area (Å²) in [4.78, 5) is 0.219. The largest absolute Gasteiger partial charge is 0.612 e. The summed E-state index contributed by atoms with van der Waals surface area (Å²) in [6.07, 6.45) is 1.47. The van der Waals surface area contributed by atoms with Crippen LogP contribution in [0.3, 0.4) is 0 Å². The van der Waals surface area contributed by atoms with Gasteiger partial charge in [-0.1, -0.05) is 19.9 Å². The molecule has 1 N–H and O–H groups in total. The van der Waals surface area contributed by atoms with Crippen molar-refractivity contribution in [1.29, 1.82) is 0 Å². The van der Waals surface area contributed by atoms with Gasteiger partial charge in [0.05, 0.1) is 0 Å². The number of rotatable bonds is 2. The highest BCUT2D eigenvalue weighted by Crippen LogP contribution is 2.35. The standard InChI is InChI=1S/C14H15FO2S/c1-8(2)11-7-10(16)6-9-4-5-12(15)14(13(9)11)18(3)17/h4-8,16H,1-3H3. The molecule has 0 aliphatic rings. The van der Waals surface area contributed by atoms with E-state index >= 15 is 0 Å². The lowest BCUT2D eigenvalue weighted by molar-refractivity contribution is 0.475. The van der Waals surface area contributed by atoms with Gasteiger partial charge in [0.25, 0.3) is 0 Å². The third kappa shape index (κ3) is 2.18. The maximum absolute atomic E-state index is 13.9. The lowest BCUT2D eigenvalue weighted by Crippen LogP contribution is -2.04. The topological polar surface area (TPSA) is 43.3 Å². The summed E-state index contributed by atoms with van der Waals surface area (Å²) in [5, 5.41) is 11.1. The lowest BCUT2D eigenvalue weighted by atomic mass is 9.95. The highest BCUT2D eigenvalue weighted by molar-refractivity contribution is 7.91. The molecule has 2 nitrogen and oxygen atoms in total. The summed E-state index contributed by atoms with van der Waals surface area (Å²) < 4.78 is 25.6. The summed E-state index contributed by atoms with van der Waals surface area (Å²) in [7, 11) is 0. The van der Waals surface area contributed by atoms with Crippen LogP contribution in [0.15, 0.2) is 29.2 Å². The van der Waals surface area contributed by atoms with Gasteiger partial charge in [-0.25, -0.2) is 4.39 Å². The Morgan fingerprint density at radius 2 is 1.94 bits per heavy atom. The highest BCUT2D eigenvalue weighted by Gasteiger charge is 2.21. The molecule has 0 radical (unpaired) electrons. The van der Waals surface area contributed by atoms with Gasteiger partial charge in [0.2, 0.25) is 0 Å². The van der Waals surface area contributed by atoms with Gasteiger partial charge in [0.15, 0.2) is 10.7 Å². The van der Waals surface area contributed by atoms with Crippen molar-refractivity contribution in [2.75, 3.05) is 6.26 Å². The van der Waals surface area contributed by atoms with Crippen molar-refractivity contribution in [1.82, 2.24) is 0 Å². The zero-order chi connectivity index (χ0) is 13.4. The van der Waals surface area contributed by atoms with Crippen molar-refractivity contribution in [3.8, 4) is 5.75 Å². The molecule has 0 aliphatic heterocycles. The van der Waals surface area contributed by atoms with Crippen molar-refractivity contribution in [2.45, 2.75) is 24.7 Å². The van der Waals surface area contributed by atoms with Gasteiger partial charge in [-0.3, -0.25) is 0 Å². The molecule has 0 fully saturated rings. The summed E-state index contributed by atoms with van der Waals surface area (Å²) in [5.74, 6) is -0.203. The maximum atomic E-state index is 13.9. The fourth-order valence-corrected chi connectivity index (χ4v) is 3.03. The first-order valence-corrected chi connectivity index (χ1v) is 7.26. The van der Waals surface area contributed by atoms with Crippen LogP contribution in [0.1, 0.15) is 25.3 Å². The SMILES string of the molecule is CC(C)c1cc(O)cc2ccc(F)c([S+](C)[O-])c12. The second-order valence-electron chi connectivity index (χ2n) is 4.62. The molecule has 0 aliphatic carbocycles. The van der Waals surface area contributed by atoms with E-state index in [4.69, 9.17) is 0 Å². The zero-order valence-electron chi connectivity index (χ0n) is 10.5. The molecule has 96 valence electrons. The minimum Gasteiger partial charge on any atom is -0.612 e. The van der Waals surface area contributed by atoms with Crippen LogP contribution in [0.5, 0.6) is 5.75 Å². The summed E-state index contributed by atoms with van der Waals surface area (Å²) in [6, 6.07) is 6.08. The normalized spacial score (nSPS) is 13.2. The summed E-state index contributed by atoms with van der Waals surface area (Å²) >= 11 is -1.41. The molecule has 1 unspecified atom stereocenters. The van der Waals surface area contributed by atoms with Gasteiger partial charge in [-0.05, 0) is 46.2 Å². The third-order valence-corrected chi connectivity index (χ3v) is 3.92. The Balaban J connectivity index is 2.93. The lowest BCUT2D eigenvalue weighted by Gasteiger charge is -2.15. The van der Waals surface area contributed by atoms with E-state index in [1.54, 1.807) is 18.2 Å². The van der Waals surface area contributed by atoms with E-state index in [1.807, 2.05) is 13.8 Å². The Bertz CT molecular complexity index is 594. The van der Waals surface area contributed by atoms with Gasteiger partial charge >= 0.3 is 0 Å². The molecule has 2 rings (SSSR count). The molecule has 18 heavy (non-hydrogen) atoms. The van der Waals surface area contributed by atoms with Crippen LogP contribution in [0.4, 0.5) is 4.39 Å². The Morgan fingerprint density at radius 3 is 2.50 bits per heavy atom. The predicted molar refractivity (Wildman–Crippen MR) is 72.0 cm³/mol. The molecule has 0 saturated carbocycles. The molecule has 4 heteroatoms. The van der Waals surface area contributed by atoms with Crippen LogP contribution in [0.2, 0.25) is 0 Å². The van der Waals surface area contributed by atoms with E-state index in [0.29, 0.717) is 10.8 Å². The molecule has 0 spiro atoms. The molecule has 0 bridgehead atoms. The number of phenols is 1. The second-order valence-corrected chi connectivity index (χ2v) is 5.93. The van der Waals surface area contributed by atoms with E-state index < -0.39 is 17.0 Å². The quantitative estimate of drug-likeness (QED) is 0.845. The zero-order valence-corrected chi connectivity index (χ0v) is 11.3. The number of aromatic hydroxyl groups is 1. The first-order chi connectivity index (χ1) is 8.41. The number of phenolic OH excluding ortho intramolecular Hbond substituents is 1. The molecule has 0 aromatic heterocycles. The van der Waals surface area contributed by atoms with E-state index in [0.717, 1.165) is 5.56 Å². The fraction of sp³-hybridized carbons (Fsp3) is 0.286. The minimum absolute atomic E-state index is 0.115. The smallest absolute Gasteiger partial charge is 0.196 e. The number of fused-ring (bicyclic) bond motifs is 1. The van der Waals surface area contributed by atoms with Gasteiger partial charge in [0, 0.05) is 5.39 Å². The summed E-state index contributed by atoms with van der Waals surface area (Å²) in [5.41, 5.74) is 0.815. The average Bonchev–Trinajstić information content (AvgIpc) is 2.27. The van der Waals surface area contributed by atoms with Gasteiger partial charge in [0.1, 0.15) is 12.0 Å². The van der Waals surface area contributed by atoms with Crippen molar-refractivity contribution in [3.05, 3.63) is 35.6 Å². The first kappa shape index (κ1) is 13.2. The van der Waals surface area contributed by atoms with Crippen LogP contribution in [-0.2, 0) is 11.2 Å². The molecular formula is C14H15FO2S. The van der Waals surface area contributed by atoms with Gasteiger partial charge in [-0.15, -0.1) is 0 Å². The van der Waals surface area contributed by atoms with Crippen LogP contribution >= 0.6 is 0 Å². The van der Waals surface area contributed by atoms with E-state index in [-0.39, 0.29) is 16.6 Å². The Kier molecular flexibility index (Phi) is 3.50. The van der Waals surface area contributed by atoms with Crippen LogP contribution in [-0.4, -0.2) is 15.9 Å². The Labute approximate surface area is 109 Å². The Hall–Kier alpha value is -1.26. The van der Waals surface area contributed by atoms with Gasteiger partial charge in [-0.2, -0.15) is 0 Å². The second kappa shape index (κ2) is 4.78. The van der Waals surface area contributed by atoms with Crippen molar-refractivity contribution in [3.63, 3.8) is 0 Å². The molecule has 1 atom stereocenters.